The van der Waals surface area contributed by atoms with E-state index < -0.39 is 6.10 Å². The maximum atomic E-state index is 9.63. The molecule has 1 atom stereocenters. The Balaban J connectivity index is 2.52. The van der Waals surface area contributed by atoms with Gasteiger partial charge in [0, 0.05) is 6.20 Å². The zero-order valence-electron chi connectivity index (χ0n) is 8.27. The van der Waals surface area contributed by atoms with Gasteiger partial charge >= 0.3 is 0 Å². The van der Waals surface area contributed by atoms with E-state index in [1.54, 1.807) is 12.1 Å². The zero-order valence-corrected chi connectivity index (χ0v) is 9.03. The van der Waals surface area contributed by atoms with Gasteiger partial charge in [0.05, 0.1) is 23.4 Å². The van der Waals surface area contributed by atoms with Crippen molar-refractivity contribution in [2.75, 3.05) is 6.61 Å². The Kier molecular flexibility index (Phi) is 4.32. The third-order valence-electron chi connectivity index (χ3n) is 1.68. The monoisotopic (exact) mass is 215 g/mol. The topological polar surface area (TPSA) is 42.4 Å². The molecule has 3 nitrogen and oxygen atoms in total. The van der Waals surface area contributed by atoms with Crippen molar-refractivity contribution in [1.29, 1.82) is 0 Å². The van der Waals surface area contributed by atoms with E-state index in [-0.39, 0.29) is 12.7 Å². The van der Waals surface area contributed by atoms with Crippen LogP contribution < -0.4 is 0 Å². The largest absolute Gasteiger partial charge is 0.384 e. The zero-order chi connectivity index (χ0) is 10.6. The van der Waals surface area contributed by atoms with Crippen LogP contribution >= 0.6 is 11.6 Å². The van der Waals surface area contributed by atoms with E-state index in [9.17, 15) is 5.11 Å². The molecule has 1 heterocycles. The Hall–Kier alpha value is -0.640. The fourth-order valence-corrected chi connectivity index (χ4v) is 1.07. The smallest absolute Gasteiger partial charge is 0.119 e. The van der Waals surface area contributed by atoms with Crippen LogP contribution in [0, 0.1) is 0 Å². The quantitative estimate of drug-likeness (QED) is 0.837. The minimum atomic E-state index is -0.685. The van der Waals surface area contributed by atoms with Crippen molar-refractivity contribution < 1.29 is 9.84 Å². The van der Waals surface area contributed by atoms with E-state index in [4.69, 9.17) is 16.3 Å². The molecular weight excluding hydrogens is 202 g/mol. The van der Waals surface area contributed by atoms with Crippen LogP contribution in [0.2, 0.25) is 5.02 Å². The molecule has 0 saturated carbocycles. The molecular formula is C10H14ClNO2. The second-order valence-corrected chi connectivity index (χ2v) is 3.74. The summed E-state index contributed by atoms with van der Waals surface area (Å²) in [4.78, 5) is 3.99. The molecule has 0 spiro atoms. The van der Waals surface area contributed by atoms with E-state index in [2.05, 4.69) is 4.98 Å². The van der Waals surface area contributed by atoms with Crippen molar-refractivity contribution >= 4 is 11.6 Å². The fourth-order valence-electron chi connectivity index (χ4n) is 0.953. The van der Waals surface area contributed by atoms with Gasteiger partial charge in [-0.15, -0.1) is 0 Å². The molecule has 0 amide bonds. The summed E-state index contributed by atoms with van der Waals surface area (Å²) in [6.45, 7) is 4.09. The second-order valence-electron chi connectivity index (χ2n) is 3.30. The molecule has 0 radical (unpaired) electrons. The maximum absolute atomic E-state index is 9.63. The number of aromatic nitrogens is 1. The molecule has 0 aliphatic rings. The lowest BCUT2D eigenvalue weighted by molar-refractivity contribution is 0.00327. The van der Waals surface area contributed by atoms with Gasteiger partial charge in [-0.1, -0.05) is 11.6 Å². The second kappa shape index (κ2) is 5.29. The van der Waals surface area contributed by atoms with Crippen LogP contribution in [0.1, 0.15) is 25.6 Å². The van der Waals surface area contributed by atoms with Gasteiger partial charge in [0.15, 0.2) is 0 Å². The summed E-state index contributed by atoms with van der Waals surface area (Å²) in [7, 11) is 0. The Labute approximate surface area is 88.7 Å². The number of nitrogens with zero attached hydrogens (tertiary/aromatic N) is 1. The number of ether oxygens (including phenoxy) is 1. The van der Waals surface area contributed by atoms with Gasteiger partial charge in [-0.3, -0.25) is 4.98 Å². The van der Waals surface area contributed by atoms with E-state index in [1.807, 2.05) is 13.8 Å². The number of aliphatic hydroxyl groups excluding tert-OH is 1. The van der Waals surface area contributed by atoms with E-state index in [0.717, 1.165) is 0 Å². The first-order valence-electron chi connectivity index (χ1n) is 4.50. The van der Waals surface area contributed by atoms with Crippen LogP contribution in [-0.4, -0.2) is 22.8 Å². The SMILES string of the molecule is CC(C)OCC(O)c1ccc(Cl)cn1. The molecule has 4 heteroatoms. The van der Waals surface area contributed by atoms with Crippen LogP contribution in [0.25, 0.3) is 0 Å². The third kappa shape index (κ3) is 3.62. The van der Waals surface area contributed by atoms with E-state index >= 15 is 0 Å². The number of rotatable bonds is 4. The predicted molar refractivity (Wildman–Crippen MR) is 55.3 cm³/mol. The number of hydrogen-bond donors (Lipinski definition) is 1. The van der Waals surface area contributed by atoms with Gasteiger partial charge in [0.2, 0.25) is 0 Å². The van der Waals surface area contributed by atoms with Crippen molar-refractivity contribution in [1.82, 2.24) is 4.98 Å². The average molecular weight is 216 g/mol. The standard InChI is InChI=1S/C10H14ClNO2/c1-7(2)14-6-10(13)9-4-3-8(11)5-12-9/h3-5,7,10,13H,6H2,1-2H3. The first-order chi connectivity index (χ1) is 6.59. The number of pyridine rings is 1. The van der Waals surface area contributed by atoms with Gasteiger partial charge in [0.1, 0.15) is 6.10 Å². The Bertz CT molecular complexity index is 274. The van der Waals surface area contributed by atoms with Crippen molar-refractivity contribution in [3.8, 4) is 0 Å². The molecule has 1 N–H and O–H groups in total. The molecule has 0 aliphatic carbocycles. The highest BCUT2D eigenvalue weighted by Gasteiger charge is 2.09. The van der Waals surface area contributed by atoms with Crippen molar-refractivity contribution in [3.05, 3.63) is 29.0 Å². The van der Waals surface area contributed by atoms with E-state index in [1.165, 1.54) is 6.20 Å². The molecule has 0 saturated heterocycles. The van der Waals surface area contributed by atoms with Crippen LogP contribution in [0.15, 0.2) is 18.3 Å². The molecule has 1 aromatic heterocycles. The highest BCUT2D eigenvalue weighted by atomic mass is 35.5. The van der Waals surface area contributed by atoms with Crippen LogP contribution in [0.3, 0.4) is 0 Å². The summed E-state index contributed by atoms with van der Waals surface area (Å²) >= 11 is 5.67. The van der Waals surface area contributed by atoms with Crippen molar-refractivity contribution in [3.63, 3.8) is 0 Å². The maximum Gasteiger partial charge on any atom is 0.119 e. The summed E-state index contributed by atoms with van der Waals surface area (Å²) in [6, 6.07) is 3.39. The lowest BCUT2D eigenvalue weighted by Gasteiger charge is -2.12. The molecule has 0 aliphatic heterocycles. The summed E-state index contributed by atoms with van der Waals surface area (Å²) in [5.41, 5.74) is 0.579. The summed E-state index contributed by atoms with van der Waals surface area (Å²) in [6.07, 6.45) is 0.932. The molecule has 0 bridgehead atoms. The number of hydrogen-bond acceptors (Lipinski definition) is 3. The van der Waals surface area contributed by atoms with Gasteiger partial charge in [0.25, 0.3) is 0 Å². The predicted octanol–water partition coefficient (Wildman–Crippen LogP) is 2.19. The lowest BCUT2D eigenvalue weighted by atomic mass is 10.2. The van der Waals surface area contributed by atoms with E-state index in [0.29, 0.717) is 10.7 Å². The van der Waals surface area contributed by atoms with Crippen LogP contribution in [0.4, 0.5) is 0 Å². The Morgan fingerprint density at radius 3 is 2.71 bits per heavy atom. The third-order valence-corrected chi connectivity index (χ3v) is 1.90. The summed E-state index contributed by atoms with van der Waals surface area (Å²) in [5, 5.41) is 10.2. The van der Waals surface area contributed by atoms with Gasteiger partial charge in [-0.05, 0) is 26.0 Å². The Morgan fingerprint density at radius 1 is 1.50 bits per heavy atom. The fraction of sp³-hybridized carbons (Fsp3) is 0.500. The molecule has 1 aromatic rings. The Morgan fingerprint density at radius 2 is 2.21 bits per heavy atom. The van der Waals surface area contributed by atoms with Crippen molar-refractivity contribution in [2.24, 2.45) is 0 Å². The number of halogens is 1. The summed E-state index contributed by atoms with van der Waals surface area (Å²) < 4.78 is 5.27. The minimum Gasteiger partial charge on any atom is -0.384 e. The molecule has 78 valence electrons. The molecule has 1 unspecified atom stereocenters. The molecule has 14 heavy (non-hydrogen) atoms. The van der Waals surface area contributed by atoms with Crippen molar-refractivity contribution in [2.45, 2.75) is 26.1 Å². The molecule has 1 rings (SSSR count). The number of aliphatic hydroxyl groups is 1. The van der Waals surface area contributed by atoms with Crippen LogP contribution in [-0.2, 0) is 4.74 Å². The highest BCUT2D eigenvalue weighted by molar-refractivity contribution is 6.30. The molecule has 0 fully saturated rings. The summed E-state index contributed by atoms with van der Waals surface area (Å²) in [5.74, 6) is 0. The minimum absolute atomic E-state index is 0.108. The first-order valence-corrected chi connectivity index (χ1v) is 4.88. The normalized spacial score (nSPS) is 13.2. The van der Waals surface area contributed by atoms with Gasteiger partial charge in [-0.2, -0.15) is 0 Å². The highest BCUT2D eigenvalue weighted by Crippen LogP contribution is 2.13. The molecule has 0 aromatic carbocycles. The first kappa shape index (κ1) is 11.4. The van der Waals surface area contributed by atoms with Gasteiger partial charge in [-0.25, -0.2) is 0 Å². The van der Waals surface area contributed by atoms with Gasteiger partial charge < -0.3 is 9.84 Å². The lowest BCUT2D eigenvalue weighted by Crippen LogP contribution is -2.12. The van der Waals surface area contributed by atoms with Crippen LogP contribution in [0.5, 0.6) is 0 Å². The average Bonchev–Trinajstić information content (AvgIpc) is 2.15.